The largest absolute Gasteiger partial charge is 0.376 e. The number of benzene rings is 2. The Morgan fingerprint density at radius 3 is 2.82 bits per heavy atom. The van der Waals surface area contributed by atoms with Crippen molar-refractivity contribution in [1.82, 2.24) is 20.5 Å². The van der Waals surface area contributed by atoms with Crippen molar-refractivity contribution >= 4 is 40.4 Å². The van der Waals surface area contributed by atoms with Crippen molar-refractivity contribution < 1.29 is 19.1 Å². The molecule has 0 bridgehead atoms. The van der Waals surface area contributed by atoms with Crippen LogP contribution in [-0.4, -0.2) is 71.0 Å². The molecule has 0 saturated carbocycles. The Bertz CT molecular complexity index is 1380. The highest BCUT2D eigenvalue weighted by Gasteiger charge is 2.49. The van der Waals surface area contributed by atoms with E-state index in [4.69, 9.17) is 4.74 Å². The van der Waals surface area contributed by atoms with Crippen molar-refractivity contribution in [1.29, 1.82) is 0 Å². The van der Waals surface area contributed by atoms with E-state index in [1.807, 2.05) is 48.7 Å². The average Bonchev–Trinajstić information content (AvgIpc) is 3.66. The first-order valence-electron chi connectivity index (χ1n) is 13.3. The maximum atomic E-state index is 13.9. The van der Waals surface area contributed by atoms with Gasteiger partial charge in [0.25, 0.3) is 5.91 Å². The minimum absolute atomic E-state index is 0.0240. The monoisotopic (exact) mass is 532 g/mol. The number of aromatic nitrogens is 1. The number of para-hydroxylation sites is 1. The molecule has 1 saturated heterocycles. The summed E-state index contributed by atoms with van der Waals surface area (Å²) in [5, 5.41) is 7.05. The second-order valence-electron chi connectivity index (χ2n) is 10.2. The van der Waals surface area contributed by atoms with Gasteiger partial charge in [-0.3, -0.25) is 14.4 Å². The third-order valence-corrected chi connectivity index (χ3v) is 8.57. The summed E-state index contributed by atoms with van der Waals surface area (Å²) in [6.07, 6.45) is 4.82. The van der Waals surface area contributed by atoms with E-state index in [0.29, 0.717) is 24.9 Å². The molecule has 0 unspecified atom stereocenters. The topological polar surface area (TPSA) is 104 Å². The number of nitrogens with one attached hydrogen (secondary N) is 3. The third-order valence-electron chi connectivity index (χ3n) is 7.93. The fourth-order valence-corrected chi connectivity index (χ4v) is 6.52. The predicted octanol–water partition coefficient (Wildman–Crippen LogP) is 3.17. The van der Waals surface area contributed by atoms with Gasteiger partial charge in [-0.1, -0.05) is 36.4 Å². The van der Waals surface area contributed by atoms with Crippen LogP contribution in [0.15, 0.2) is 48.5 Å². The van der Waals surface area contributed by atoms with E-state index in [-0.39, 0.29) is 29.9 Å². The van der Waals surface area contributed by atoms with Crippen LogP contribution >= 0.6 is 11.8 Å². The summed E-state index contributed by atoms with van der Waals surface area (Å²) in [4.78, 5) is 46.0. The van der Waals surface area contributed by atoms with Gasteiger partial charge in [0.15, 0.2) is 0 Å². The Labute approximate surface area is 225 Å². The molecular formula is C29H32N4O4S. The third kappa shape index (κ3) is 4.37. The second kappa shape index (κ2) is 10.5. The fourth-order valence-electron chi connectivity index (χ4n) is 6.05. The molecule has 9 heteroatoms. The lowest BCUT2D eigenvalue weighted by Crippen LogP contribution is -2.57. The van der Waals surface area contributed by atoms with Gasteiger partial charge in [0.2, 0.25) is 11.8 Å². The maximum Gasteiger partial charge on any atom is 0.255 e. The molecule has 1 fully saturated rings. The van der Waals surface area contributed by atoms with Gasteiger partial charge in [-0.05, 0) is 54.5 Å². The van der Waals surface area contributed by atoms with Gasteiger partial charge >= 0.3 is 0 Å². The number of aromatic amines is 1. The minimum atomic E-state index is -0.727. The van der Waals surface area contributed by atoms with Crippen LogP contribution < -0.4 is 10.6 Å². The predicted molar refractivity (Wildman–Crippen MR) is 147 cm³/mol. The molecule has 38 heavy (non-hydrogen) atoms. The first-order valence-corrected chi connectivity index (χ1v) is 14.7. The van der Waals surface area contributed by atoms with Crippen molar-refractivity contribution in [3.63, 3.8) is 0 Å². The summed E-state index contributed by atoms with van der Waals surface area (Å²) in [5.74, 6) is 0.0646. The number of H-pyrrole nitrogens is 1. The zero-order chi connectivity index (χ0) is 26.2. The quantitative estimate of drug-likeness (QED) is 0.414. The summed E-state index contributed by atoms with van der Waals surface area (Å²) in [7, 11) is 0. The molecule has 0 spiro atoms. The molecule has 0 aliphatic carbocycles. The standard InChI is InChI=1S/C29H32N4O4S/c1-38-14-12-23(27(34)30-16-17-7-6-13-37-17)32-28(35)24-15-21-18-8-4-5-11-22(18)31-25(21)26-19-9-2-3-10-20(19)29(36)33(24)26/h2-5,8-11,17,23-24,26,31H,6-7,12-16H2,1H3,(H,30,34)(H,32,35)/t17-,23+,24+,26-/m1/s1. The molecule has 2 aromatic carbocycles. The molecule has 3 N–H and O–H groups in total. The van der Waals surface area contributed by atoms with Crippen LogP contribution in [0.5, 0.6) is 0 Å². The van der Waals surface area contributed by atoms with Gasteiger partial charge < -0.3 is 25.3 Å². The van der Waals surface area contributed by atoms with E-state index in [9.17, 15) is 14.4 Å². The van der Waals surface area contributed by atoms with Crippen molar-refractivity contribution in [3.05, 3.63) is 70.9 Å². The first-order chi connectivity index (χ1) is 18.6. The van der Waals surface area contributed by atoms with Gasteiger partial charge in [0.1, 0.15) is 12.1 Å². The summed E-state index contributed by atoms with van der Waals surface area (Å²) >= 11 is 1.63. The number of carbonyl (C=O) groups excluding carboxylic acids is 3. The van der Waals surface area contributed by atoms with Crippen molar-refractivity contribution in [2.24, 2.45) is 0 Å². The molecule has 3 aliphatic rings. The van der Waals surface area contributed by atoms with Gasteiger partial charge in [-0.15, -0.1) is 0 Å². The van der Waals surface area contributed by atoms with Crippen LogP contribution in [0.3, 0.4) is 0 Å². The van der Waals surface area contributed by atoms with Crippen LogP contribution in [0, 0.1) is 0 Å². The fraction of sp³-hybridized carbons (Fsp3) is 0.414. The number of nitrogens with zero attached hydrogens (tertiary/aromatic N) is 1. The van der Waals surface area contributed by atoms with Gasteiger partial charge in [0.05, 0.1) is 12.1 Å². The van der Waals surface area contributed by atoms with Crippen molar-refractivity contribution in [2.75, 3.05) is 25.2 Å². The lowest BCUT2D eigenvalue weighted by molar-refractivity contribution is -0.132. The van der Waals surface area contributed by atoms with Crippen molar-refractivity contribution in [2.45, 2.75) is 49.9 Å². The number of amides is 3. The van der Waals surface area contributed by atoms with E-state index in [1.54, 1.807) is 16.7 Å². The Hall–Kier alpha value is -3.30. The SMILES string of the molecule is CSCC[C@H](NC(=O)[C@@H]1Cc2c([nH]c3ccccc23)[C@H]2c3ccccc3C(=O)N21)C(=O)NC[C@H]1CCCO1. The number of hydrogen-bond donors (Lipinski definition) is 3. The molecule has 8 nitrogen and oxygen atoms in total. The molecule has 0 radical (unpaired) electrons. The summed E-state index contributed by atoms with van der Waals surface area (Å²) in [6, 6.07) is 13.8. The highest BCUT2D eigenvalue weighted by molar-refractivity contribution is 7.98. The Balaban J connectivity index is 1.30. The zero-order valence-corrected chi connectivity index (χ0v) is 22.2. The molecule has 4 heterocycles. The second-order valence-corrected chi connectivity index (χ2v) is 11.2. The minimum Gasteiger partial charge on any atom is -0.376 e. The maximum absolute atomic E-state index is 13.9. The van der Waals surface area contributed by atoms with Crippen LogP contribution in [0.2, 0.25) is 0 Å². The van der Waals surface area contributed by atoms with E-state index in [0.717, 1.165) is 52.9 Å². The van der Waals surface area contributed by atoms with Crippen LogP contribution in [-0.2, 0) is 20.7 Å². The van der Waals surface area contributed by atoms with E-state index >= 15 is 0 Å². The number of thioether (sulfide) groups is 1. The normalized spacial score (nSPS) is 22.6. The highest BCUT2D eigenvalue weighted by Crippen LogP contribution is 2.46. The van der Waals surface area contributed by atoms with Gasteiger partial charge in [-0.2, -0.15) is 11.8 Å². The number of fused-ring (bicyclic) bond motifs is 7. The number of ether oxygens (including phenoxy) is 1. The molecule has 3 aliphatic heterocycles. The Kier molecular flexibility index (Phi) is 6.88. The lowest BCUT2D eigenvalue weighted by atomic mass is 9.89. The number of hydrogen-bond acceptors (Lipinski definition) is 5. The highest BCUT2D eigenvalue weighted by atomic mass is 32.2. The number of rotatable bonds is 8. The summed E-state index contributed by atoms with van der Waals surface area (Å²) < 4.78 is 5.64. The molecule has 1 aromatic heterocycles. The van der Waals surface area contributed by atoms with Crippen molar-refractivity contribution in [3.8, 4) is 0 Å². The first kappa shape index (κ1) is 25.0. The lowest BCUT2D eigenvalue weighted by Gasteiger charge is -2.37. The zero-order valence-electron chi connectivity index (χ0n) is 21.4. The van der Waals surface area contributed by atoms with Gasteiger partial charge in [0, 0.05) is 41.7 Å². The van der Waals surface area contributed by atoms with E-state index in [1.165, 1.54) is 0 Å². The smallest absolute Gasteiger partial charge is 0.255 e. The Morgan fingerprint density at radius 2 is 2.00 bits per heavy atom. The average molecular weight is 533 g/mol. The summed E-state index contributed by atoms with van der Waals surface area (Å²) in [6.45, 7) is 1.16. The molecular weight excluding hydrogens is 500 g/mol. The van der Waals surface area contributed by atoms with Crippen LogP contribution in [0.25, 0.3) is 10.9 Å². The van der Waals surface area contributed by atoms with Crippen LogP contribution in [0.1, 0.15) is 52.5 Å². The molecule has 198 valence electrons. The van der Waals surface area contributed by atoms with E-state index < -0.39 is 12.1 Å². The van der Waals surface area contributed by atoms with Gasteiger partial charge in [-0.25, -0.2) is 0 Å². The Morgan fingerprint density at radius 1 is 1.18 bits per heavy atom. The molecule has 3 amide bonds. The molecule has 4 atom stereocenters. The van der Waals surface area contributed by atoms with E-state index in [2.05, 4.69) is 21.7 Å². The molecule has 6 rings (SSSR count). The molecule has 3 aromatic rings. The van der Waals surface area contributed by atoms with Crippen LogP contribution in [0.4, 0.5) is 0 Å². The summed E-state index contributed by atoms with van der Waals surface area (Å²) in [5.41, 5.74) is 4.52. The number of carbonyl (C=O) groups is 3.